The van der Waals surface area contributed by atoms with Crippen LogP contribution in [0.2, 0.25) is 0 Å². The van der Waals surface area contributed by atoms with Crippen molar-refractivity contribution in [3.05, 3.63) is 29.5 Å². The van der Waals surface area contributed by atoms with Crippen LogP contribution in [0.4, 0.5) is 0 Å². The molecule has 2 aliphatic heterocycles. The van der Waals surface area contributed by atoms with Gasteiger partial charge in [0.2, 0.25) is 11.8 Å². The first-order valence-corrected chi connectivity index (χ1v) is 7.67. The molecule has 4 rings (SSSR count). The lowest BCUT2D eigenvalue weighted by Gasteiger charge is -2.20. The van der Waals surface area contributed by atoms with Gasteiger partial charge >= 0.3 is 0 Å². The standard InChI is InChI=1S/C16H18N4O3/c1-8-6-13(21)17-18-15(8)10-4-5-14(22-3)20-12(10)7-11(19-20)16-9(2)23-16/h4-5,7-9,16H,6H2,1-3H3,(H,17,21). The summed E-state index contributed by atoms with van der Waals surface area (Å²) < 4.78 is 12.7. The first-order chi connectivity index (χ1) is 11.1. The van der Waals surface area contributed by atoms with Crippen LogP contribution in [0.25, 0.3) is 5.52 Å². The van der Waals surface area contributed by atoms with E-state index >= 15 is 0 Å². The Morgan fingerprint density at radius 3 is 2.83 bits per heavy atom. The number of carbonyl (C=O) groups is 1. The molecule has 1 saturated heterocycles. The van der Waals surface area contributed by atoms with Gasteiger partial charge in [0.25, 0.3) is 0 Å². The van der Waals surface area contributed by atoms with E-state index in [2.05, 4.69) is 15.6 Å². The predicted octanol–water partition coefficient (Wildman–Crippen LogP) is 1.66. The van der Waals surface area contributed by atoms with Gasteiger partial charge in [0.05, 0.1) is 30.1 Å². The average molecular weight is 314 g/mol. The van der Waals surface area contributed by atoms with Gasteiger partial charge in [-0.25, -0.2) is 9.94 Å². The molecule has 1 fully saturated rings. The van der Waals surface area contributed by atoms with Crippen LogP contribution in [0, 0.1) is 5.92 Å². The molecular formula is C16H18N4O3. The Labute approximate surface area is 133 Å². The molecule has 0 saturated carbocycles. The first-order valence-electron chi connectivity index (χ1n) is 7.67. The highest BCUT2D eigenvalue weighted by molar-refractivity contribution is 6.10. The van der Waals surface area contributed by atoms with Gasteiger partial charge in [0.1, 0.15) is 6.10 Å². The van der Waals surface area contributed by atoms with Crippen LogP contribution in [0.3, 0.4) is 0 Å². The summed E-state index contributed by atoms with van der Waals surface area (Å²) >= 11 is 0. The average Bonchev–Trinajstić information content (AvgIpc) is 3.09. The molecule has 0 bridgehead atoms. The molecule has 2 aliphatic rings. The molecule has 0 radical (unpaired) electrons. The van der Waals surface area contributed by atoms with Crippen molar-refractivity contribution in [1.82, 2.24) is 15.0 Å². The molecule has 4 heterocycles. The van der Waals surface area contributed by atoms with Gasteiger partial charge in [-0.15, -0.1) is 0 Å². The minimum absolute atomic E-state index is 0.0397. The fourth-order valence-electron chi connectivity index (χ4n) is 3.05. The summed E-state index contributed by atoms with van der Waals surface area (Å²) in [7, 11) is 1.62. The lowest BCUT2D eigenvalue weighted by molar-refractivity contribution is -0.121. The van der Waals surface area contributed by atoms with Crippen LogP contribution >= 0.6 is 0 Å². The molecule has 3 atom stereocenters. The number of carbonyl (C=O) groups excluding carboxylic acids is 1. The van der Waals surface area contributed by atoms with E-state index in [-0.39, 0.29) is 24.0 Å². The Morgan fingerprint density at radius 2 is 2.17 bits per heavy atom. The number of hydrogen-bond donors (Lipinski definition) is 1. The Kier molecular flexibility index (Phi) is 3.12. The maximum Gasteiger partial charge on any atom is 0.240 e. The minimum Gasteiger partial charge on any atom is -0.481 e. The number of methoxy groups -OCH3 is 1. The number of nitrogens with zero attached hydrogens (tertiary/aromatic N) is 3. The number of epoxide rings is 1. The van der Waals surface area contributed by atoms with Gasteiger partial charge in [-0.3, -0.25) is 4.79 Å². The molecule has 120 valence electrons. The zero-order valence-corrected chi connectivity index (χ0v) is 13.2. The van der Waals surface area contributed by atoms with Crippen LogP contribution < -0.4 is 10.2 Å². The van der Waals surface area contributed by atoms with E-state index in [1.165, 1.54) is 0 Å². The lowest BCUT2D eigenvalue weighted by atomic mass is 9.94. The molecule has 23 heavy (non-hydrogen) atoms. The highest BCUT2D eigenvalue weighted by Gasteiger charge is 2.38. The number of amides is 1. The van der Waals surface area contributed by atoms with Gasteiger partial charge in [-0.2, -0.15) is 10.2 Å². The summed E-state index contributed by atoms with van der Waals surface area (Å²) in [4.78, 5) is 11.5. The largest absolute Gasteiger partial charge is 0.481 e. The van der Waals surface area contributed by atoms with E-state index in [4.69, 9.17) is 9.47 Å². The molecule has 7 nitrogen and oxygen atoms in total. The smallest absolute Gasteiger partial charge is 0.240 e. The molecule has 1 amide bonds. The number of nitrogens with one attached hydrogen (secondary N) is 1. The quantitative estimate of drug-likeness (QED) is 0.874. The summed E-state index contributed by atoms with van der Waals surface area (Å²) in [5, 5.41) is 8.87. The second kappa shape index (κ2) is 5.06. The van der Waals surface area contributed by atoms with E-state index in [0.29, 0.717) is 12.3 Å². The predicted molar refractivity (Wildman–Crippen MR) is 83.5 cm³/mol. The molecule has 0 spiro atoms. The Hall–Kier alpha value is -2.41. The topological polar surface area (TPSA) is 80.5 Å². The van der Waals surface area contributed by atoms with Crippen molar-refractivity contribution in [2.75, 3.05) is 7.11 Å². The minimum atomic E-state index is -0.0554. The summed E-state index contributed by atoms with van der Waals surface area (Å²) in [6.07, 6.45) is 0.665. The summed E-state index contributed by atoms with van der Waals surface area (Å²) in [6, 6.07) is 5.84. The molecular weight excluding hydrogens is 296 g/mol. The number of hydrazone groups is 1. The van der Waals surface area contributed by atoms with Gasteiger partial charge < -0.3 is 9.47 Å². The monoisotopic (exact) mass is 314 g/mol. The van der Waals surface area contributed by atoms with E-state index in [0.717, 1.165) is 22.5 Å². The summed E-state index contributed by atoms with van der Waals surface area (Å²) in [5.41, 5.74) is 6.16. The van der Waals surface area contributed by atoms with Gasteiger partial charge in [0, 0.05) is 24.0 Å². The molecule has 7 heteroatoms. The van der Waals surface area contributed by atoms with Crippen molar-refractivity contribution in [2.45, 2.75) is 32.5 Å². The van der Waals surface area contributed by atoms with Gasteiger partial charge in [-0.05, 0) is 19.1 Å². The number of pyridine rings is 1. The van der Waals surface area contributed by atoms with E-state index in [9.17, 15) is 4.79 Å². The molecule has 1 N–H and O–H groups in total. The van der Waals surface area contributed by atoms with Crippen molar-refractivity contribution >= 4 is 17.1 Å². The number of hydrogen-bond acceptors (Lipinski definition) is 5. The normalized spacial score (nSPS) is 26.8. The van der Waals surface area contributed by atoms with Crippen molar-refractivity contribution in [1.29, 1.82) is 0 Å². The van der Waals surface area contributed by atoms with Crippen LogP contribution in [0.15, 0.2) is 23.3 Å². The maximum absolute atomic E-state index is 11.5. The van der Waals surface area contributed by atoms with E-state index < -0.39 is 0 Å². The molecule has 2 aromatic rings. The number of rotatable bonds is 3. The van der Waals surface area contributed by atoms with Crippen molar-refractivity contribution in [3.8, 4) is 5.88 Å². The van der Waals surface area contributed by atoms with Crippen LogP contribution in [0.1, 0.15) is 37.6 Å². The van der Waals surface area contributed by atoms with Crippen LogP contribution in [-0.4, -0.2) is 34.4 Å². The van der Waals surface area contributed by atoms with Crippen molar-refractivity contribution in [3.63, 3.8) is 0 Å². The lowest BCUT2D eigenvalue weighted by Crippen LogP contribution is -2.32. The van der Waals surface area contributed by atoms with Gasteiger partial charge in [-0.1, -0.05) is 6.92 Å². The highest BCUT2D eigenvalue weighted by Crippen LogP contribution is 2.38. The zero-order valence-electron chi connectivity index (χ0n) is 13.2. The molecule has 2 aromatic heterocycles. The first kappa shape index (κ1) is 14.2. The van der Waals surface area contributed by atoms with Crippen LogP contribution in [0.5, 0.6) is 5.88 Å². The van der Waals surface area contributed by atoms with Crippen molar-refractivity contribution < 1.29 is 14.3 Å². The SMILES string of the molecule is COc1ccc(C2=NNC(=O)CC2C)c2cc(C3OC3C)nn12. The molecule has 0 aliphatic carbocycles. The Morgan fingerprint density at radius 1 is 1.39 bits per heavy atom. The van der Waals surface area contributed by atoms with E-state index in [1.54, 1.807) is 11.6 Å². The maximum atomic E-state index is 11.5. The third-order valence-electron chi connectivity index (χ3n) is 4.35. The van der Waals surface area contributed by atoms with E-state index in [1.807, 2.05) is 32.0 Å². The number of ether oxygens (including phenoxy) is 2. The summed E-state index contributed by atoms with van der Waals surface area (Å²) in [6.45, 7) is 4.03. The Bertz CT molecular complexity index is 826. The highest BCUT2D eigenvalue weighted by atomic mass is 16.6. The third kappa shape index (κ3) is 2.28. The number of aromatic nitrogens is 2. The Balaban J connectivity index is 1.87. The second-order valence-electron chi connectivity index (χ2n) is 6.05. The fourth-order valence-corrected chi connectivity index (χ4v) is 3.05. The fraction of sp³-hybridized carbons (Fsp3) is 0.438. The molecule has 3 unspecified atom stereocenters. The van der Waals surface area contributed by atoms with Gasteiger partial charge in [0.15, 0.2) is 0 Å². The van der Waals surface area contributed by atoms with Crippen molar-refractivity contribution in [2.24, 2.45) is 11.0 Å². The summed E-state index contributed by atoms with van der Waals surface area (Å²) in [5.74, 6) is 0.645. The number of fused-ring (bicyclic) bond motifs is 1. The van der Waals surface area contributed by atoms with Crippen LogP contribution in [-0.2, 0) is 9.53 Å². The molecule has 0 aromatic carbocycles. The third-order valence-corrected chi connectivity index (χ3v) is 4.35. The zero-order chi connectivity index (χ0) is 16.1. The second-order valence-corrected chi connectivity index (χ2v) is 6.05.